The zero-order valence-electron chi connectivity index (χ0n) is 26.6. The van der Waals surface area contributed by atoms with E-state index in [1.807, 2.05) is 6.07 Å². The summed E-state index contributed by atoms with van der Waals surface area (Å²) in [6.45, 7) is 3.74. The van der Waals surface area contributed by atoms with Crippen molar-refractivity contribution < 1.29 is 51.7 Å². The zero-order chi connectivity index (χ0) is 34.5. The molecule has 7 atom stereocenters. The molecule has 0 saturated carbocycles. The summed E-state index contributed by atoms with van der Waals surface area (Å²) in [5, 5.41) is 17.4. The maximum Gasteiger partial charge on any atom is 0.406 e. The highest BCUT2D eigenvalue weighted by molar-refractivity contribution is 7.51. The number of esters is 3. The predicted octanol–water partition coefficient (Wildman–Crippen LogP) is 2.23. The number of nitrogen functional groups attached to an aromatic ring is 1. The van der Waals surface area contributed by atoms with Crippen LogP contribution in [-0.4, -0.2) is 88.4 Å². The molecular formula is C30H37N6O11P. The van der Waals surface area contributed by atoms with Crippen LogP contribution in [0.1, 0.15) is 51.8 Å². The fraction of sp³-hybridized carbons (Fsp3) is 0.533. The third-order valence-electron chi connectivity index (χ3n) is 7.80. The molecule has 258 valence electrons. The molecule has 2 aromatic rings. The lowest BCUT2D eigenvalue weighted by molar-refractivity contribution is -0.166. The Kier molecular flexibility index (Phi) is 10.9. The van der Waals surface area contributed by atoms with Gasteiger partial charge in [0.15, 0.2) is 18.0 Å². The number of hydrogen-bond acceptors (Lipinski definition) is 15. The van der Waals surface area contributed by atoms with Crippen LogP contribution in [0.3, 0.4) is 0 Å². The van der Waals surface area contributed by atoms with E-state index in [1.165, 1.54) is 17.8 Å². The normalized spacial score (nSPS) is 27.5. The molecule has 1 aliphatic carbocycles. The van der Waals surface area contributed by atoms with Crippen LogP contribution in [0.15, 0.2) is 42.8 Å². The van der Waals surface area contributed by atoms with E-state index in [0.717, 1.165) is 13.8 Å². The lowest BCUT2D eigenvalue weighted by Crippen LogP contribution is -2.49. The molecular weight excluding hydrogens is 651 g/mol. The predicted molar refractivity (Wildman–Crippen MR) is 165 cm³/mol. The summed E-state index contributed by atoms with van der Waals surface area (Å²) in [6, 6.07) is 3.98. The van der Waals surface area contributed by atoms with Gasteiger partial charge in [0.25, 0.3) is 0 Å². The Labute approximate surface area is 275 Å². The second kappa shape index (κ2) is 14.9. The summed E-state index contributed by atoms with van der Waals surface area (Å²) in [6.07, 6.45) is 4.16. The first kappa shape index (κ1) is 35.1. The minimum absolute atomic E-state index is 0.143. The molecule has 18 heteroatoms. The van der Waals surface area contributed by atoms with Gasteiger partial charge in [-0.15, -0.1) is 0 Å². The highest BCUT2D eigenvalue weighted by atomic mass is 31.2. The third-order valence-corrected chi connectivity index (χ3v) is 9.52. The molecule has 3 aliphatic rings. The maximum absolute atomic E-state index is 14.4. The van der Waals surface area contributed by atoms with Crippen molar-refractivity contribution in [3.63, 3.8) is 0 Å². The van der Waals surface area contributed by atoms with Crippen molar-refractivity contribution in [3.05, 3.63) is 48.5 Å². The molecule has 4 heterocycles. The first-order chi connectivity index (χ1) is 22.9. The second-order valence-electron chi connectivity index (χ2n) is 11.4. The number of aromatic nitrogens is 3. The fourth-order valence-corrected chi connectivity index (χ4v) is 7.19. The van der Waals surface area contributed by atoms with Gasteiger partial charge in [0.05, 0.1) is 25.0 Å². The number of nitrogens with two attached hydrogens (primary N) is 1. The third kappa shape index (κ3) is 7.92. The van der Waals surface area contributed by atoms with Gasteiger partial charge in [-0.1, -0.05) is 24.3 Å². The van der Waals surface area contributed by atoms with E-state index in [4.69, 9.17) is 38.5 Å². The number of nitrogens with zero attached hydrogens (tertiary/aromatic N) is 4. The average molecular weight is 689 g/mol. The molecule has 2 aliphatic heterocycles. The summed E-state index contributed by atoms with van der Waals surface area (Å²) in [5.41, 5.74) is 4.46. The zero-order valence-corrected chi connectivity index (χ0v) is 27.4. The van der Waals surface area contributed by atoms with Crippen molar-refractivity contribution in [1.29, 1.82) is 5.26 Å². The topological polar surface area (TPSA) is 225 Å². The van der Waals surface area contributed by atoms with E-state index in [-0.39, 0.29) is 17.6 Å². The molecule has 2 aromatic heterocycles. The van der Waals surface area contributed by atoms with Gasteiger partial charge in [-0.2, -0.15) is 10.4 Å². The largest absolute Gasteiger partial charge is 0.461 e. The summed E-state index contributed by atoms with van der Waals surface area (Å²) < 4.78 is 55.8. The van der Waals surface area contributed by atoms with Crippen LogP contribution >= 0.6 is 7.75 Å². The number of hydrogen-bond donors (Lipinski definition) is 2. The monoisotopic (exact) mass is 688 g/mol. The van der Waals surface area contributed by atoms with E-state index in [9.17, 15) is 24.2 Å². The highest BCUT2D eigenvalue weighted by Gasteiger charge is 2.62. The van der Waals surface area contributed by atoms with Crippen LogP contribution < -0.4 is 10.8 Å². The molecule has 3 N–H and O–H groups in total. The van der Waals surface area contributed by atoms with Crippen LogP contribution in [0, 0.1) is 11.3 Å². The minimum atomic E-state index is -4.48. The Hall–Kier alpha value is -4.17. The minimum Gasteiger partial charge on any atom is -0.461 e. The number of nitrogens with one attached hydrogen (secondary N) is 1. The van der Waals surface area contributed by atoms with Crippen molar-refractivity contribution in [2.24, 2.45) is 0 Å². The van der Waals surface area contributed by atoms with E-state index in [1.54, 1.807) is 36.4 Å². The lowest BCUT2D eigenvalue weighted by Gasteiger charge is -2.31. The van der Waals surface area contributed by atoms with E-state index in [2.05, 4.69) is 15.2 Å². The first-order valence-electron chi connectivity index (χ1n) is 15.3. The molecule has 0 radical (unpaired) electrons. The quantitative estimate of drug-likeness (QED) is 0.185. The van der Waals surface area contributed by atoms with Crippen LogP contribution in [-0.2, 0) is 51.7 Å². The second-order valence-corrected chi connectivity index (χ2v) is 13.1. The van der Waals surface area contributed by atoms with Crippen LogP contribution in [0.5, 0.6) is 0 Å². The SMILES string of the molecule is CC(=O)O[C@H]1[C@H](c2ccc3c(N)ncnn23)O[C@](C#N)(COP(=O)(N[C@@H](C)C(=O)OC2CCOCC2)OC2C=CC=CC2)[C@H]1OC(C)=O. The summed E-state index contributed by atoms with van der Waals surface area (Å²) in [7, 11) is -4.48. The van der Waals surface area contributed by atoms with Crippen molar-refractivity contribution in [2.45, 2.75) is 82.2 Å². The summed E-state index contributed by atoms with van der Waals surface area (Å²) in [4.78, 5) is 41.6. The molecule has 0 bridgehead atoms. The standard InChI is InChI=1S/C30H37N6O11P/c1-18(29(39)45-21-11-13-41-14-12-21)35-48(40,47-22-7-5-4-6-8-22)42-16-30(15-31)27(44-20(3)38)26(43-19(2)37)25(46-30)23-9-10-24-28(32)33-17-34-36(23)24/h4-7,9-10,17-18,21-22,25-27H,8,11-14,16H2,1-3H3,(H,35,40)(H2,32,33,34)/t18-,22?,25-,26-,27-,30+,48?/m0/s1. The number of nitriles is 1. The Morgan fingerprint density at radius 3 is 2.60 bits per heavy atom. The Morgan fingerprint density at radius 2 is 1.94 bits per heavy atom. The van der Waals surface area contributed by atoms with Crippen molar-refractivity contribution in [2.75, 3.05) is 25.6 Å². The van der Waals surface area contributed by atoms with Gasteiger partial charge in [0.2, 0.25) is 5.60 Å². The molecule has 0 spiro atoms. The van der Waals surface area contributed by atoms with E-state index < -0.39 is 68.3 Å². The van der Waals surface area contributed by atoms with Gasteiger partial charge in [0.1, 0.15) is 42.8 Å². The number of ether oxygens (including phenoxy) is 5. The Morgan fingerprint density at radius 1 is 1.19 bits per heavy atom. The molecule has 0 aromatic carbocycles. The Bertz CT molecular complexity index is 1670. The van der Waals surface area contributed by atoms with Gasteiger partial charge in [0, 0.05) is 26.7 Å². The average Bonchev–Trinajstić information content (AvgIpc) is 3.61. The van der Waals surface area contributed by atoms with E-state index >= 15 is 0 Å². The number of allylic oxidation sites excluding steroid dienone is 2. The summed E-state index contributed by atoms with van der Waals surface area (Å²) in [5.74, 6) is -2.14. The van der Waals surface area contributed by atoms with Crippen molar-refractivity contribution in [1.82, 2.24) is 19.7 Å². The van der Waals surface area contributed by atoms with Crippen molar-refractivity contribution >= 4 is 37.0 Å². The number of carbonyl (C=O) groups is 3. The number of rotatable bonds is 12. The van der Waals surface area contributed by atoms with Gasteiger partial charge < -0.3 is 29.4 Å². The molecule has 2 fully saturated rings. The molecule has 5 rings (SSSR count). The number of carbonyl (C=O) groups excluding carboxylic acids is 3. The molecule has 2 unspecified atom stereocenters. The van der Waals surface area contributed by atoms with Crippen LogP contribution in [0.4, 0.5) is 5.82 Å². The van der Waals surface area contributed by atoms with Crippen molar-refractivity contribution in [3.8, 4) is 6.07 Å². The maximum atomic E-state index is 14.4. The summed E-state index contributed by atoms with van der Waals surface area (Å²) >= 11 is 0. The number of anilines is 1. The van der Waals surface area contributed by atoms with Gasteiger partial charge in [-0.25, -0.2) is 19.2 Å². The smallest absolute Gasteiger partial charge is 0.406 e. The lowest BCUT2D eigenvalue weighted by atomic mass is 9.95. The van der Waals surface area contributed by atoms with Gasteiger partial charge in [-0.05, 0) is 25.5 Å². The Balaban J connectivity index is 1.45. The van der Waals surface area contributed by atoms with Crippen LogP contribution in [0.25, 0.3) is 5.52 Å². The first-order valence-corrected chi connectivity index (χ1v) is 16.8. The van der Waals surface area contributed by atoms with Gasteiger partial charge >= 0.3 is 25.7 Å². The van der Waals surface area contributed by atoms with E-state index in [0.29, 0.717) is 38.0 Å². The molecule has 17 nitrogen and oxygen atoms in total. The molecule has 0 amide bonds. The molecule has 48 heavy (non-hydrogen) atoms. The molecule has 2 saturated heterocycles. The number of fused-ring (bicyclic) bond motifs is 1. The highest BCUT2D eigenvalue weighted by Crippen LogP contribution is 2.51. The fourth-order valence-electron chi connectivity index (χ4n) is 5.54. The van der Waals surface area contributed by atoms with Crippen LogP contribution in [0.2, 0.25) is 0 Å². The van der Waals surface area contributed by atoms with Gasteiger partial charge in [-0.3, -0.25) is 23.4 Å².